The number of fused-ring (bicyclic) bond motifs is 5. The number of aromatic nitrogens is 1. The molecule has 4 atom stereocenters. The summed E-state index contributed by atoms with van der Waals surface area (Å²) in [6.07, 6.45) is 5.24. The Balaban J connectivity index is 1.23. The third-order valence-corrected chi connectivity index (χ3v) is 8.44. The van der Waals surface area contributed by atoms with Crippen molar-refractivity contribution in [1.82, 2.24) is 19.8 Å². The zero-order valence-electron chi connectivity index (χ0n) is 20.7. The van der Waals surface area contributed by atoms with E-state index in [0.717, 1.165) is 46.6 Å². The number of thiocarbonyl (C=S) groups is 1. The Hall–Kier alpha value is -3.78. The van der Waals surface area contributed by atoms with Crippen molar-refractivity contribution in [2.24, 2.45) is 16.0 Å². The number of hydrazone groups is 1. The first-order valence-corrected chi connectivity index (χ1v) is 13.4. The monoisotopic (exact) mass is 507 g/mol. The number of para-hydroxylation sites is 1. The second kappa shape index (κ2) is 8.95. The summed E-state index contributed by atoms with van der Waals surface area (Å²) in [7, 11) is 2.06. The average Bonchev–Trinajstić information content (AvgIpc) is 3.63. The van der Waals surface area contributed by atoms with Crippen LogP contribution in [0.2, 0.25) is 0 Å². The van der Waals surface area contributed by atoms with Crippen LogP contribution in [0.3, 0.4) is 0 Å². The summed E-state index contributed by atoms with van der Waals surface area (Å²) in [4.78, 5) is 14.9. The molecule has 1 aliphatic carbocycles. The van der Waals surface area contributed by atoms with E-state index in [0.29, 0.717) is 18.6 Å². The van der Waals surface area contributed by atoms with Gasteiger partial charge in [-0.05, 0) is 49.1 Å². The van der Waals surface area contributed by atoms with Crippen LogP contribution in [0.25, 0.3) is 11.3 Å². The van der Waals surface area contributed by atoms with Crippen LogP contribution in [-0.2, 0) is 6.54 Å². The molecule has 7 nitrogen and oxygen atoms in total. The fourth-order valence-electron chi connectivity index (χ4n) is 6.07. The predicted octanol–water partition coefficient (Wildman–Crippen LogP) is 4.80. The zero-order valence-corrected chi connectivity index (χ0v) is 21.6. The Kier molecular flexibility index (Phi) is 5.43. The molecule has 1 saturated carbocycles. The van der Waals surface area contributed by atoms with Gasteiger partial charge in [-0.15, -0.1) is 0 Å². The zero-order chi connectivity index (χ0) is 24.9. The molecule has 4 aliphatic rings. The van der Waals surface area contributed by atoms with Crippen LogP contribution in [0.15, 0.2) is 89.1 Å². The van der Waals surface area contributed by atoms with E-state index in [1.165, 1.54) is 12.0 Å². The van der Waals surface area contributed by atoms with Crippen molar-refractivity contribution >= 4 is 34.7 Å². The molecule has 3 aromatic rings. The van der Waals surface area contributed by atoms with Gasteiger partial charge in [-0.2, -0.15) is 5.10 Å². The van der Waals surface area contributed by atoms with Gasteiger partial charge >= 0.3 is 0 Å². The molecule has 1 aromatic heterocycles. The average molecular weight is 508 g/mol. The third kappa shape index (κ3) is 3.78. The van der Waals surface area contributed by atoms with E-state index in [2.05, 4.69) is 80.7 Å². The van der Waals surface area contributed by atoms with Crippen molar-refractivity contribution in [2.45, 2.75) is 44.1 Å². The number of benzene rings is 2. The van der Waals surface area contributed by atoms with Gasteiger partial charge in [0.05, 0.1) is 29.3 Å². The normalized spacial score (nSPS) is 26.0. The summed E-state index contributed by atoms with van der Waals surface area (Å²) < 4.78 is 0. The molecule has 4 heterocycles. The lowest BCUT2D eigenvalue weighted by Crippen LogP contribution is -2.61. The molecule has 7 rings (SSSR count). The summed E-state index contributed by atoms with van der Waals surface area (Å²) in [5.41, 5.74) is 4.34. The number of guanidine groups is 1. The van der Waals surface area contributed by atoms with Crippen LogP contribution in [0.4, 0.5) is 5.69 Å². The minimum Gasteiger partial charge on any atom is -0.363 e. The quantitative estimate of drug-likeness (QED) is 0.501. The van der Waals surface area contributed by atoms with Crippen molar-refractivity contribution < 1.29 is 0 Å². The third-order valence-electron chi connectivity index (χ3n) is 7.91. The molecule has 37 heavy (non-hydrogen) atoms. The predicted molar refractivity (Wildman–Crippen MR) is 151 cm³/mol. The number of nitrogens with one attached hydrogen (secondary N) is 1. The van der Waals surface area contributed by atoms with Gasteiger partial charge in [-0.3, -0.25) is 14.9 Å². The van der Waals surface area contributed by atoms with Gasteiger partial charge in [0.25, 0.3) is 0 Å². The van der Waals surface area contributed by atoms with Gasteiger partial charge in [0, 0.05) is 24.5 Å². The molecule has 1 N–H and O–H groups in total. The number of hydrogen-bond acceptors (Lipinski definition) is 7. The number of nitrogens with zero attached hydrogens (tertiary/aromatic N) is 6. The molecule has 186 valence electrons. The highest BCUT2D eigenvalue weighted by atomic mass is 32.1. The Morgan fingerprint density at radius 3 is 2.57 bits per heavy atom. The summed E-state index contributed by atoms with van der Waals surface area (Å²) in [5, 5.41) is 11.2. The molecule has 2 aromatic carbocycles. The van der Waals surface area contributed by atoms with Crippen LogP contribution in [0.1, 0.15) is 24.8 Å². The van der Waals surface area contributed by atoms with Crippen LogP contribution in [0.5, 0.6) is 0 Å². The molecular weight excluding hydrogens is 478 g/mol. The molecule has 8 heteroatoms. The number of amidine groups is 1. The van der Waals surface area contributed by atoms with E-state index in [1.807, 2.05) is 30.5 Å². The summed E-state index contributed by atoms with van der Waals surface area (Å²) in [5.74, 6) is 1.97. The Labute approximate surface area is 222 Å². The summed E-state index contributed by atoms with van der Waals surface area (Å²) in [6, 6.07) is 25.7. The lowest BCUT2D eigenvalue weighted by molar-refractivity contribution is 0.228. The van der Waals surface area contributed by atoms with Crippen molar-refractivity contribution in [2.75, 3.05) is 12.4 Å². The van der Waals surface area contributed by atoms with Crippen LogP contribution in [0, 0.1) is 5.92 Å². The first-order valence-electron chi connectivity index (χ1n) is 13.0. The maximum Gasteiger partial charge on any atom is 0.207 e. The van der Waals surface area contributed by atoms with Gasteiger partial charge in [0.2, 0.25) is 5.96 Å². The van der Waals surface area contributed by atoms with E-state index in [9.17, 15) is 0 Å². The molecule has 2 unspecified atom stereocenters. The van der Waals surface area contributed by atoms with Crippen molar-refractivity contribution in [3.05, 3.63) is 84.6 Å². The highest BCUT2D eigenvalue weighted by Gasteiger charge is 2.55. The maximum atomic E-state index is 6.07. The smallest absolute Gasteiger partial charge is 0.207 e. The Morgan fingerprint density at radius 2 is 1.78 bits per heavy atom. The number of anilines is 1. The van der Waals surface area contributed by atoms with Crippen LogP contribution in [-0.4, -0.2) is 61.9 Å². The molecule has 0 spiro atoms. The number of hydrogen-bond donors (Lipinski definition) is 1. The molecule has 1 saturated heterocycles. The molecule has 3 aliphatic heterocycles. The van der Waals surface area contributed by atoms with E-state index >= 15 is 0 Å². The fraction of sp³-hybridized carbons (Fsp3) is 0.310. The Morgan fingerprint density at radius 1 is 0.973 bits per heavy atom. The molecule has 0 bridgehead atoms. The second-order valence-electron chi connectivity index (χ2n) is 10.2. The molecule has 0 radical (unpaired) electrons. The lowest BCUT2D eigenvalue weighted by Gasteiger charge is -2.41. The second-order valence-corrected chi connectivity index (χ2v) is 10.6. The van der Waals surface area contributed by atoms with Gasteiger partial charge in [0.1, 0.15) is 17.9 Å². The van der Waals surface area contributed by atoms with E-state index < -0.39 is 0 Å². The molecule has 0 amide bonds. The van der Waals surface area contributed by atoms with Gasteiger partial charge in [-0.25, -0.2) is 4.99 Å². The van der Waals surface area contributed by atoms with E-state index in [-0.39, 0.29) is 12.1 Å². The Bertz CT molecular complexity index is 1370. The van der Waals surface area contributed by atoms with Crippen molar-refractivity contribution in [3.63, 3.8) is 0 Å². The SMILES string of the molecule is CN1C(=S)C2C(=NN(Cc3ccc(-c4ccccn4)cc3)C2Nc2ccccc2)N2C1=N[C@@H]1CCC[C@@H]12. The highest BCUT2D eigenvalue weighted by Crippen LogP contribution is 2.41. The van der Waals surface area contributed by atoms with Gasteiger partial charge in [-0.1, -0.05) is 60.7 Å². The topological polar surface area (TPSA) is 59.4 Å². The number of aliphatic imine (C=N–C) groups is 1. The van der Waals surface area contributed by atoms with Gasteiger partial charge in [0.15, 0.2) is 0 Å². The van der Waals surface area contributed by atoms with Crippen molar-refractivity contribution in [1.29, 1.82) is 0 Å². The maximum absolute atomic E-state index is 6.07. The van der Waals surface area contributed by atoms with Crippen LogP contribution >= 0.6 is 12.2 Å². The summed E-state index contributed by atoms with van der Waals surface area (Å²) >= 11 is 6.07. The molecular formula is C29H29N7S. The fourth-order valence-corrected chi connectivity index (χ4v) is 6.39. The van der Waals surface area contributed by atoms with E-state index in [4.69, 9.17) is 22.3 Å². The van der Waals surface area contributed by atoms with Crippen LogP contribution < -0.4 is 5.32 Å². The molecule has 2 fully saturated rings. The first-order chi connectivity index (χ1) is 18.2. The first kappa shape index (κ1) is 22.4. The summed E-state index contributed by atoms with van der Waals surface area (Å²) in [6.45, 7) is 0.674. The number of pyridine rings is 1. The minimum absolute atomic E-state index is 0.0358. The van der Waals surface area contributed by atoms with Gasteiger partial charge < -0.3 is 10.2 Å². The standard InChI is InChI=1S/C29H29N7S/c1-34-28(37)25-26(31-21-8-3-2-4-9-21)35(33-27(25)36-24-12-7-11-23(24)32-29(34)36)18-19-13-15-20(16-14-19)22-10-5-6-17-30-22/h2-6,8-10,13-17,23-26,31H,7,11-12,18H2,1H3/t23-,24+,25?,26?/m1/s1. The largest absolute Gasteiger partial charge is 0.363 e. The lowest BCUT2D eigenvalue weighted by atomic mass is 9.99. The number of rotatable bonds is 5. The minimum atomic E-state index is -0.0928. The van der Waals surface area contributed by atoms with E-state index in [1.54, 1.807) is 0 Å². The highest BCUT2D eigenvalue weighted by molar-refractivity contribution is 7.80. The van der Waals surface area contributed by atoms with Crippen molar-refractivity contribution in [3.8, 4) is 11.3 Å².